The van der Waals surface area contributed by atoms with Crippen LogP contribution in [-0.4, -0.2) is 12.1 Å². The molecular formula is C13H18O2. The van der Waals surface area contributed by atoms with Gasteiger partial charge in [-0.2, -0.15) is 0 Å². The van der Waals surface area contributed by atoms with Gasteiger partial charge in [-0.15, -0.1) is 0 Å². The summed E-state index contributed by atoms with van der Waals surface area (Å²) >= 11 is 0. The molecule has 0 heterocycles. The SMILES string of the molecule is CC(=O)C1CC2C3CC(C=O)C(C3)C2C1. The molecule has 0 aromatic rings. The summed E-state index contributed by atoms with van der Waals surface area (Å²) in [6.07, 6.45) is 5.74. The summed E-state index contributed by atoms with van der Waals surface area (Å²) in [5.41, 5.74) is 0. The van der Waals surface area contributed by atoms with E-state index >= 15 is 0 Å². The number of aldehydes is 1. The van der Waals surface area contributed by atoms with Crippen molar-refractivity contribution < 1.29 is 9.59 Å². The van der Waals surface area contributed by atoms with Crippen LogP contribution in [0.15, 0.2) is 0 Å². The summed E-state index contributed by atoms with van der Waals surface area (Å²) in [5.74, 6) is 3.87. The molecule has 15 heavy (non-hydrogen) atoms. The summed E-state index contributed by atoms with van der Waals surface area (Å²) in [5, 5.41) is 0. The first-order valence-corrected chi connectivity index (χ1v) is 6.16. The first-order valence-electron chi connectivity index (χ1n) is 6.16. The van der Waals surface area contributed by atoms with E-state index in [9.17, 15) is 9.59 Å². The van der Waals surface area contributed by atoms with Crippen molar-refractivity contribution in [2.24, 2.45) is 35.5 Å². The number of carbonyl (C=O) groups is 2. The number of hydrogen-bond donors (Lipinski definition) is 0. The van der Waals surface area contributed by atoms with Crippen LogP contribution in [0.2, 0.25) is 0 Å². The fourth-order valence-electron chi connectivity index (χ4n) is 4.61. The molecule has 6 unspecified atom stereocenters. The smallest absolute Gasteiger partial charge is 0.132 e. The van der Waals surface area contributed by atoms with E-state index in [0.29, 0.717) is 29.5 Å². The minimum absolute atomic E-state index is 0.315. The predicted octanol–water partition coefficient (Wildman–Crippen LogP) is 2.07. The van der Waals surface area contributed by atoms with E-state index in [4.69, 9.17) is 0 Å². The molecule has 3 saturated carbocycles. The number of Topliss-reactive ketones (excluding diaryl/α,β-unsaturated/α-hetero) is 1. The molecule has 0 radical (unpaired) electrons. The summed E-state index contributed by atoms with van der Waals surface area (Å²) in [6, 6.07) is 0. The van der Waals surface area contributed by atoms with E-state index in [1.54, 1.807) is 6.92 Å². The molecule has 0 amide bonds. The second-order valence-corrected chi connectivity index (χ2v) is 5.80. The van der Waals surface area contributed by atoms with Gasteiger partial charge in [0.1, 0.15) is 12.1 Å². The average molecular weight is 206 g/mol. The molecule has 2 bridgehead atoms. The highest BCUT2D eigenvalue weighted by Gasteiger charge is 2.56. The summed E-state index contributed by atoms with van der Waals surface area (Å²) in [4.78, 5) is 22.3. The van der Waals surface area contributed by atoms with Crippen molar-refractivity contribution in [3.63, 3.8) is 0 Å². The Labute approximate surface area is 90.4 Å². The molecule has 2 nitrogen and oxygen atoms in total. The number of ketones is 1. The third kappa shape index (κ3) is 1.23. The van der Waals surface area contributed by atoms with Crippen LogP contribution in [0, 0.1) is 35.5 Å². The second kappa shape index (κ2) is 3.16. The first-order chi connectivity index (χ1) is 7.20. The Morgan fingerprint density at radius 1 is 1.07 bits per heavy atom. The molecule has 6 atom stereocenters. The molecule has 0 spiro atoms. The Bertz CT molecular complexity index is 310. The topological polar surface area (TPSA) is 34.1 Å². The number of hydrogen-bond acceptors (Lipinski definition) is 2. The number of carbonyl (C=O) groups excluding carboxylic acids is 2. The maximum Gasteiger partial charge on any atom is 0.132 e. The molecule has 0 aromatic carbocycles. The third-order valence-electron chi connectivity index (χ3n) is 5.27. The summed E-state index contributed by atoms with van der Waals surface area (Å²) < 4.78 is 0. The van der Waals surface area contributed by atoms with Crippen LogP contribution in [0.25, 0.3) is 0 Å². The largest absolute Gasteiger partial charge is 0.303 e. The van der Waals surface area contributed by atoms with Gasteiger partial charge >= 0.3 is 0 Å². The molecular weight excluding hydrogens is 188 g/mol. The van der Waals surface area contributed by atoms with Crippen LogP contribution in [0.4, 0.5) is 0 Å². The first kappa shape index (κ1) is 9.56. The van der Waals surface area contributed by atoms with Gasteiger partial charge in [0.2, 0.25) is 0 Å². The van der Waals surface area contributed by atoms with Crippen molar-refractivity contribution in [1.82, 2.24) is 0 Å². The normalized spacial score (nSPS) is 51.8. The van der Waals surface area contributed by atoms with Crippen LogP contribution in [0.3, 0.4) is 0 Å². The molecule has 0 saturated heterocycles. The van der Waals surface area contributed by atoms with Crippen LogP contribution in [0.1, 0.15) is 32.6 Å². The maximum atomic E-state index is 11.4. The molecule has 82 valence electrons. The highest BCUT2D eigenvalue weighted by atomic mass is 16.1. The highest BCUT2D eigenvalue weighted by Crippen LogP contribution is 2.61. The molecule has 0 aromatic heterocycles. The lowest BCUT2D eigenvalue weighted by Crippen LogP contribution is -2.24. The van der Waals surface area contributed by atoms with Crippen LogP contribution >= 0.6 is 0 Å². The third-order valence-corrected chi connectivity index (χ3v) is 5.27. The zero-order valence-corrected chi connectivity index (χ0v) is 9.19. The average Bonchev–Trinajstić information content (AvgIpc) is 2.87. The zero-order valence-electron chi connectivity index (χ0n) is 9.19. The van der Waals surface area contributed by atoms with Gasteiger partial charge < -0.3 is 4.79 Å². The van der Waals surface area contributed by atoms with Gasteiger partial charge in [-0.3, -0.25) is 4.79 Å². The minimum Gasteiger partial charge on any atom is -0.303 e. The van der Waals surface area contributed by atoms with Crippen molar-refractivity contribution in [3.8, 4) is 0 Å². The lowest BCUT2D eigenvalue weighted by atomic mass is 9.76. The monoisotopic (exact) mass is 206 g/mol. The Hall–Kier alpha value is -0.660. The number of rotatable bonds is 2. The van der Waals surface area contributed by atoms with Gasteiger partial charge in [0.15, 0.2) is 0 Å². The Kier molecular flexibility index (Phi) is 2.02. The maximum absolute atomic E-state index is 11.4. The fraction of sp³-hybridized carbons (Fsp3) is 0.846. The Morgan fingerprint density at radius 3 is 2.47 bits per heavy atom. The van der Waals surface area contributed by atoms with Crippen molar-refractivity contribution in [2.75, 3.05) is 0 Å². The molecule has 3 rings (SSSR count). The molecule has 3 fully saturated rings. The van der Waals surface area contributed by atoms with Gasteiger partial charge in [-0.05, 0) is 56.3 Å². The predicted molar refractivity (Wildman–Crippen MR) is 56.2 cm³/mol. The standard InChI is InChI=1S/C13H18O2/c1-7(15)8-3-11-9-2-10(6-14)12(5-9)13(11)4-8/h6,8-13H,2-5H2,1H3. The van der Waals surface area contributed by atoms with Crippen LogP contribution in [0.5, 0.6) is 0 Å². The minimum atomic E-state index is 0.315. The second-order valence-electron chi connectivity index (χ2n) is 5.80. The van der Waals surface area contributed by atoms with Gasteiger partial charge in [-0.25, -0.2) is 0 Å². The quantitative estimate of drug-likeness (QED) is 0.648. The Morgan fingerprint density at radius 2 is 1.80 bits per heavy atom. The lowest BCUT2D eigenvalue weighted by molar-refractivity contribution is -0.120. The van der Waals surface area contributed by atoms with E-state index in [2.05, 4.69) is 0 Å². The molecule has 2 heteroatoms. The Balaban J connectivity index is 1.79. The molecule has 0 aliphatic heterocycles. The van der Waals surface area contributed by atoms with Crippen LogP contribution < -0.4 is 0 Å². The van der Waals surface area contributed by atoms with Gasteiger partial charge in [0, 0.05) is 11.8 Å². The summed E-state index contributed by atoms with van der Waals surface area (Å²) in [7, 11) is 0. The van der Waals surface area contributed by atoms with E-state index < -0.39 is 0 Å². The lowest BCUT2D eigenvalue weighted by Gasteiger charge is -2.28. The van der Waals surface area contributed by atoms with Gasteiger partial charge in [0.05, 0.1) is 0 Å². The zero-order chi connectivity index (χ0) is 10.6. The number of fused-ring (bicyclic) bond motifs is 5. The van der Waals surface area contributed by atoms with E-state index in [0.717, 1.165) is 31.1 Å². The molecule has 3 aliphatic rings. The van der Waals surface area contributed by atoms with E-state index in [-0.39, 0.29) is 0 Å². The van der Waals surface area contributed by atoms with Crippen LogP contribution in [-0.2, 0) is 9.59 Å². The van der Waals surface area contributed by atoms with Crippen molar-refractivity contribution in [2.45, 2.75) is 32.6 Å². The highest BCUT2D eigenvalue weighted by molar-refractivity contribution is 5.78. The van der Waals surface area contributed by atoms with Gasteiger partial charge in [0.25, 0.3) is 0 Å². The van der Waals surface area contributed by atoms with Gasteiger partial charge in [-0.1, -0.05) is 0 Å². The fourth-order valence-corrected chi connectivity index (χ4v) is 4.61. The summed E-state index contributed by atoms with van der Waals surface area (Å²) in [6.45, 7) is 1.73. The van der Waals surface area contributed by atoms with Crippen molar-refractivity contribution in [1.29, 1.82) is 0 Å². The van der Waals surface area contributed by atoms with E-state index in [1.807, 2.05) is 0 Å². The van der Waals surface area contributed by atoms with Crippen molar-refractivity contribution >= 4 is 12.1 Å². The van der Waals surface area contributed by atoms with E-state index in [1.165, 1.54) is 12.7 Å². The molecule has 0 N–H and O–H groups in total. The molecule has 3 aliphatic carbocycles. The van der Waals surface area contributed by atoms with Crippen molar-refractivity contribution in [3.05, 3.63) is 0 Å².